The van der Waals surface area contributed by atoms with Gasteiger partial charge in [0.2, 0.25) is 0 Å². The third-order valence-electron chi connectivity index (χ3n) is 3.24. The van der Waals surface area contributed by atoms with Crippen molar-refractivity contribution in [2.75, 3.05) is 11.9 Å². The summed E-state index contributed by atoms with van der Waals surface area (Å²) in [7, 11) is 0. The Morgan fingerprint density at radius 1 is 1.29 bits per heavy atom. The molecule has 0 aliphatic rings. The molecular weight excluding hydrogens is 315 g/mol. The van der Waals surface area contributed by atoms with E-state index in [-0.39, 0.29) is 23.2 Å². The maximum atomic E-state index is 11.7. The molecule has 1 rings (SSSR count). The largest absolute Gasteiger partial charge is 0.388 e. The lowest BCUT2D eigenvalue weighted by molar-refractivity contribution is -0.137. The number of nitrogens with one attached hydrogen (secondary N) is 2. The summed E-state index contributed by atoms with van der Waals surface area (Å²) in [4.78, 5) is 23.4. The molecule has 0 bridgehead atoms. The van der Waals surface area contributed by atoms with Gasteiger partial charge in [0, 0.05) is 11.6 Å². The molecule has 7 heteroatoms. The van der Waals surface area contributed by atoms with Crippen LogP contribution in [0.4, 0.5) is 5.69 Å². The minimum Gasteiger partial charge on any atom is -0.388 e. The first kappa shape index (κ1) is 17.8. The Hall–Kier alpha value is -1.30. The number of amides is 2. The molecule has 1 unspecified atom stereocenters. The van der Waals surface area contributed by atoms with Gasteiger partial charge in [0.15, 0.2) is 0 Å². The molecule has 0 aliphatic carbocycles. The second kappa shape index (κ2) is 7.11. The van der Waals surface area contributed by atoms with Gasteiger partial charge in [-0.3, -0.25) is 9.59 Å². The second-order valence-electron chi connectivity index (χ2n) is 5.27. The molecule has 0 saturated heterocycles. The highest BCUT2D eigenvalue weighted by molar-refractivity contribution is 6.42. The van der Waals surface area contributed by atoms with Crippen LogP contribution in [0.25, 0.3) is 0 Å². The molecule has 1 aromatic rings. The molecule has 0 aliphatic heterocycles. The van der Waals surface area contributed by atoms with E-state index < -0.39 is 17.4 Å². The number of carbonyl (C=O) groups excluding carboxylic acids is 2. The summed E-state index contributed by atoms with van der Waals surface area (Å²) in [5, 5.41) is 15.4. The number of aliphatic hydroxyl groups is 1. The minimum absolute atomic E-state index is 0.0225. The summed E-state index contributed by atoms with van der Waals surface area (Å²) in [5.41, 5.74) is -0.801. The van der Waals surface area contributed by atoms with Crippen molar-refractivity contribution in [1.29, 1.82) is 0 Å². The quantitative estimate of drug-likeness (QED) is 0.741. The van der Waals surface area contributed by atoms with Crippen molar-refractivity contribution in [1.82, 2.24) is 5.32 Å². The van der Waals surface area contributed by atoms with E-state index in [4.69, 9.17) is 23.2 Å². The number of hydrogen-bond acceptors (Lipinski definition) is 3. The molecular formula is C14H18Cl2N2O3. The van der Waals surface area contributed by atoms with Crippen LogP contribution in [-0.4, -0.2) is 29.1 Å². The molecule has 3 N–H and O–H groups in total. The molecule has 1 atom stereocenters. The van der Waals surface area contributed by atoms with Crippen LogP contribution < -0.4 is 10.6 Å². The zero-order valence-corrected chi connectivity index (χ0v) is 13.5. The fraction of sp³-hybridized carbons (Fsp3) is 0.429. The Bertz CT molecular complexity index is 545. The Kier molecular flexibility index (Phi) is 6.01. The average Bonchev–Trinajstić information content (AvgIpc) is 2.39. The van der Waals surface area contributed by atoms with E-state index >= 15 is 0 Å². The highest BCUT2D eigenvalue weighted by atomic mass is 35.5. The first-order chi connectivity index (χ1) is 9.63. The molecule has 5 nitrogen and oxygen atoms in total. The highest BCUT2D eigenvalue weighted by Gasteiger charge is 2.26. The molecule has 0 fully saturated rings. The van der Waals surface area contributed by atoms with Gasteiger partial charge in [0.25, 0.3) is 0 Å². The molecule has 0 spiro atoms. The molecule has 21 heavy (non-hydrogen) atoms. The van der Waals surface area contributed by atoms with Crippen molar-refractivity contribution in [2.24, 2.45) is 5.92 Å². The Labute approximate surface area is 133 Å². The van der Waals surface area contributed by atoms with E-state index in [2.05, 4.69) is 10.6 Å². The normalized spacial score (nSPS) is 13.7. The first-order valence-corrected chi connectivity index (χ1v) is 7.15. The SMILES string of the molecule is CC(C)C(C)(O)CNC(=O)C(=O)Nc1ccc(Cl)cc1Cl. The van der Waals surface area contributed by atoms with Gasteiger partial charge in [-0.05, 0) is 31.0 Å². The lowest BCUT2D eigenvalue weighted by atomic mass is 9.92. The van der Waals surface area contributed by atoms with Crippen LogP contribution in [0.1, 0.15) is 20.8 Å². The number of carbonyl (C=O) groups is 2. The fourth-order valence-electron chi connectivity index (χ4n) is 1.31. The minimum atomic E-state index is -1.09. The number of benzene rings is 1. The van der Waals surface area contributed by atoms with E-state index in [0.29, 0.717) is 5.02 Å². The summed E-state index contributed by atoms with van der Waals surface area (Å²) in [5.74, 6) is -1.77. The van der Waals surface area contributed by atoms with Crippen molar-refractivity contribution in [3.05, 3.63) is 28.2 Å². The first-order valence-electron chi connectivity index (χ1n) is 6.40. The Balaban J connectivity index is 2.61. The van der Waals surface area contributed by atoms with Crippen LogP contribution in [0.3, 0.4) is 0 Å². The molecule has 0 radical (unpaired) electrons. The van der Waals surface area contributed by atoms with Gasteiger partial charge in [-0.1, -0.05) is 37.0 Å². The van der Waals surface area contributed by atoms with E-state index in [0.717, 1.165) is 0 Å². The van der Waals surface area contributed by atoms with Gasteiger partial charge in [0.05, 0.1) is 16.3 Å². The predicted molar refractivity (Wildman–Crippen MR) is 83.6 cm³/mol. The maximum absolute atomic E-state index is 11.7. The van der Waals surface area contributed by atoms with Crippen LogP contribution in [0.5, 0.6) is 0 Å². The number of rotatable bonds is 4. The Morgan fingerprint density at radius 2 is 1.90 bits per heavy atom. The van der Waals surface area contributed by atoms with E-state index in [1.807, 2.05) is 13.8 Å². The van der Waals surface area contributed by atoms with Crippen molar-refractivity contribution >= 4 is 40.7 Å². The van der Waals surface area contributed by atoms with E-state index in [9.17, 15) is 14.7 Å². The van der Waals surface area contributed by atoms with Crippen molar-refractivity contribution < 1.29 is 14.7 Å². The maximum Gasteiger partial charge on any atom is 0.313 e. The van der Waals surface area contributed by atoms with Gasteiger partial charge in [-0.15, -0.1) is 0 Å². The van der Waals surface area contributed by atoms with Crippen molar-refractivity contribution in [2.45, 2.75) is 26.4 Å². The van der Waals surface area contributed by atoms with E-state index in [1.54, 1.807) is 13.0 Å². The third kappa shape index (κ3) is 5.19. The van der Waals surface area contributed by atoms with Crippen LogP contribution in [0, 0.1) is 5.92 Å². The van der Waals surface area contributed by atoms with Crippen LogP contribution in [0.2, 0.25) is 10.0 Å². The summed E-state index contributed by atoms with van der Waals surface area (Å²) < 4.78 is 0. The van der Waals surface area contributed by atoms with E-state index in [1.165, 1.54) is 12.1 Å². The van der Waals surface area contributed by atoms with Crippen LogP contribution >= 0.6 is 23.2 Å². The number of anilines is 1. The summed E-state index contributed by atoms with van der Waals surface area (Å²) in [6.07, 6.45) is 0. The molecule has 0 aromatic heterocycles. The average molecular weight is 333 g/mol. The van der Waals surface area contributed by atoms with Crippen LogP contribution in [-0.2, 0) is 9.59 Å². The highest BCUT2D eigenvalue weighted by Crippen LogP contribution is 2.25. The molecule has 116 valence electrons. The van der Waals surface area contributed by atoms with Gasteiger partial charge in [-0.2, -0.15) is 0 Å². The molecule has 0 saturated carbocycles. The number of halogens is 2. The fourth-order valence-corrected chi connectivity index (χ4v) is 1.77. The standard InChI is InChI=1S/C14H18Cl2N2O3/c1-8(2)14(3,21)7-17-12(19)13(20)18-11-5-4-9(15)6-10(11)16/h4-6,8,21H,7H2,1-3H3,(H,17,19)(H,18,20). The number of hydrogen-bond donors (Lipinski definition) is 3. The lowest BCUT2D eigenvalue weighted by Gasteiger charge is -2.27. The van der Waals surface area contributed by atoms with Gasteiger partial charge in [0.1, 0.15) is 0 Å². The monoisotopic (exact) mass is 332 g/mol. The molecule has 0 heterocycles. The van der Waals surface area contributed by atoms with Gasteiger partial charge in [-0.25, -0.2) is 0 Å². The van der Waals surface area contributed by atoms with Gasteiger partial charge >= 0.3 is 11.8 Å². The molecule has 2 amide bonds. The smallest absolute Gasteiger partial charge is 0.313 e. The summed E-state index contributed by atoms with van der Waals surface area (Å²) >= 11 is 11.6. The summed E-state index contributed by atoms with van der Waals surface area (Å²) in [6, 6.07) is 4.50. The lowest BCUT2D eigenvalue weighted by Crippen LogP contribution is -2.47. The molecule has 1 aromatic carbocycles. The van der Waals surface area contributed by atoms with Crippen molar-refractivity contribution in [3.63, 3.8) is 0 Å². The summed E-state index contributed by atoms with van der Waals surface area (Å²) in [6.45, 7) is 5.20. The predicted octanol–water partition coefficient (Wildman–Crippen LogP) is 2.46. The second-order valence-corrected chi connectivity index (χ2v) is 6.12. The van der Waals surface area contributed by atoms with Crippen molar-refractivity contribution in [3.8, 4) is 0 Å². The topological polar surface area (TPSA) is 78.4 Å². The zero-order chi connectivity index (χ0) is 16.2. The third-order valence-corrected chi connectivity index (χ3v) is 3.78. The Morgan fingerprint density at radius 3 is 2.43 bits per heavy atom. The zero-order valence-electron chi connectivity index (χ0n) is 12.0. The van der Waals surface area contributed by atoms with Crippen LogP contribution in [0.15, 0.2) is 18.2 Å². The van der Waals surface area contributed by atoms with Gasteiger partial charge < -0.3 is 15.7 Å².